The summed E-state index contributed by atoms with van der Waals surface area (Å²) in [4.78, 5) is 30.1. The number of nitrogens with zero attached hydrogens (tertiary/aromatic N) is 1. The molecule has 1 aliphatic rings. The van der Waals surface area contributed by atoms with Gasteiger partial charge in [0, 0.05) is 12.0 Å². The lowest BCUT2D eigenvalue weighted by molar-refractivity contribution is -0.133. The van der Waals surface area contributed by atoms with Crippen LogP contribution in [0, 0.1) is 12.3 Å². The van der Waals surface area contributed by atoms with Crippen molar-refractivity contribution < 1.29 is 9.59 Å². The number of carbonyl (C=O) groups is 2. The molecule has 2 aromatic rings. The second kappa shape index (κ2) is 6.99. The van der Waals surface area contributed by atoms with E-state index in [4.69, 9.17) is 0 Å². The van der Waals surface area contributed by atoms with Gasteiger partial charge in [-0.15, -0.1) is 0 Å². The molecule has 0 aliphatic heterocycles. The summed E-state index contributed by atoms with van der Waals surface area (Å²) in [5, 5.41) is 6.60. The van der Waals surface area contributed by atoms with Gasteiger partial charge in [0.1, 0.15) is 0 Å². The number of aryl methyl sites for hydroxylation is 1. The summed E-state index contributed by atoms with van der Waals surface area (Å²) in [6.45, 7) is 7.88. The molecule has 0 bridgehead atoms. The Morgan fingerprint density at radius 1 is 1.23 bits per heavy atom. The summed E-state index contributed by atoms with van der Waals surface area (Å²) in [6, 6.07) is 6.03. The lowest BCUT2D eigenvalue weighted by Crippen LogP contribution is -2.45. The van der Waals surface area contributed by atoms with Gasteiger partial charge in [-0.25, -0.2) is 4.98 Å². The van der Waals surface area contributed by atoms with E-state index in [0.717, 1.165) is 41.5 Å². The van der Waals surface area contributed by atoms with Crippen molar-refractivity contribution in [2.24, 2.45) is 5.41 Å². The number of carbonyl (C=O) groups excluding carboxylic acids is 2. The number of anilines is 1. The molecular weight excluding hydrogens is 346 g/mol. The van der Waals surface area contributed by atoms with Crippen LogP contribution in [0.1, 0.15) is 58.4 Å². The first kappa shape index (κ1) is 18.8. The summed E-state index contributed by atoms with van der Waals surface area (Å²) in [5.74, 6) is -0.134. The van der Waals surface area contributed by atoms with Gasteiger partial charge in [-0.3, -0.25) is 9.59 Å². The van der Waals surface area contributed by atoms with E-state index in [1.165, 1.54) is 11.3 Å². The Morgan fingerprint density at radius 3 is 2.54 bits per heavy atom. The second-order valence-corrected chi connectivity index (χ2v) is 9.39. The maximum atomic E-state index is 13.1. The molecule has 1 heterocycles. The van der Waals surface area contributed by atoms with E-state index in [1.54, 1.807) is 0 Å². The number of fused-ring (bicyclic) bond motifs is 1. The molecule has 2 amide bonds. The molecule has 1 fully saturated rings. The standard InChI is InChI=1S/C20H27N3O2S/c1-13-8-7-9-14-16(13)21-18(26-14)22-17(25)20(10-5-6-11-20)12-15(24)23-19(2,3)4/h7-9H,5-6,10-12H2,1-4H3,(H,23,24)(H,21,22,25). The van der Waals surface area contributed by atoms with Gasteiger partial charge in [-0.2, -0.15) is 0 Å². The number of para-hydroxylation sites is 1. The lowest BCUT2D eigenvalue weighted by atomic mass is 9.81. The molecule has 0 atom stereocenters. The highest BCUT2D eigenvalue weighted by Crippen LogP contribution is 2.42. The maximum absolute atomic E-state index is 13.1. The molecule has 5 nitrogen and oxygen atoms in total. The van der Waals surface area contributed by atoms with Crippen molar-refractivity contribution in [2.45, 2.75) is 65.3 Å². The highest BCUT2D eigenvalue weighted by atomic mass is 32.1. The number of aromatic nitrogens is 1. The van der Waals surface area contributed by atoms with Crippen LogP contribution in [0.5, 0.6) is 0 Å². The van der Waals surface area contributed by atoms with E-state index in [0.29, 0.717) is 5.13 Å². The number of rotatable bonds is 4. The van der Waals surface area contributed by atoms with E-state index < -0.39 is 5.41 Å². The fourth-order valence-corrected chi connectivity index (χ4v) is 4.61. The zero-order valence-corrected chi connectivity index (χ0v) is 16.8. The molecular formula is C20H27N3O2S. The first-order chi connectivity index (χ1) is 12.2. The van der Waals surface area contributed by atoms with Crippen molar-refractivity contribution in [1.82, 2.24) is 10.3 Å². The fraction of sp³-hybridized carbons (Fsp3) is 0.550. The van der Waals surface area contributed by atoms with Gasteiger partial charge < -0.3 is 10.6 Å². The highest BCUT2D eigenvalue weighted by molar-refractivity contribution is 7.22. The van der Waals surface area contributed by atoms with Crippen LogP contribution >= 0.6 is 11.3 Å². The first-order valence-electron chi connectivity index (χ1n) is 9.17. The molecule has 1 aliphatic carbocycles. The van der Waals surface area contributed by atoms with Gasteiger partial charge in [0.15, 0.2) is 5.13 Å². The average molecular weight is 374 g/mol. The molecule has 1 aromatic carbocycles. The predicted molar refractivity (Wildman–Crippen MR) is 106 cm³/mol. The summed E-state index contributed by atoms with van der Waals surface area (Å²) < 4.78 is 1.06. The summed E-state index contributed by atoms with van der Waals surface area (Å²) in [6.07, 6.45) is 3.70. The van der Waals surface area contributed by atoms with Crippen LogP contribution in [0.3, 0.4) is 0 Å². The largest absolute Gasteiger partial charge is 0.351 e. The Morgan fingerprint density at radius 2 is 1.92 bits per heavy atom. The van der Waals surface area contributed by atoms with Gasteiger partial charge in [-0.05, 0) is 52.2 Å². The fourth-order valence-electron chi connectivity index (χ4n) is 3.68. The normalized spacial score (nSPS) is 16.6. The zero-order valence-electron chi connectivity index (χ0n) is 15.9. The van der Waals surface area contributed by atoms with E-state index in [2.05, 4.69) is 15.6 Å². The minimum Gasteiger partial charge on any atom is -0.351 e. The molecule has 26 heavy (non-hydrogen) atoms. The van der Waals surface area contributed by atoms with E-state index in [-0.39, 0.29) is 23.8 Å². The monoisotopic (exact) mass is 373 g/mol. The summed E-state index contributed by atoms with van der Waals surface area (Å²) >= 11 is 1.48. The van der Waals surface area contributed by atoms with E-state index in [1.807, 2.05) is 45.9 Å². The SMILES string of the molecule is Cc1cccc2sc(NC(=O)C3(CC(=O)NC(C)(C)C)CCCC3)nc12. The topological polar surface area (TPSA) is 71.1 Å². The number of benzene rings is 1. The van der Waals surface area contributed by atoms with Crippen molar-refractivity contribution in [1.29, 1.82) is 0 Å². The third-order valence-corrected chi connectivity index (χ3v) is 5.83. The van der Waals surface area contributed by atoms with Gasteiger partial charge in [0.2, 0.25) is 11.8 Å². The number of hydrogen-bond donors (Lipinski definition) is 2. The molecule has 1 aromatic heterocycles. The van der Waals surface area contributed by atoms with E-state index in [9.17, 15) is 9.59 Å². The van der Waals surface area contributed by atoms with Crippen molar-refractivity contribution >= 4 is 38.5 Å². The first-order valence-corrected chi connectivity index (χ1v) is 9.99. The Bertz CT molecular complexity index is 829. The Hall–Kier alpha value is -1.95. The van der Waals surface area contributed by atoms with Crippen LogP contribution in [-0.2, 0) is 9.59 Å². The molecule has 0 spiro atoms. The zero-order chi connectivity index (χ0) is 18.9. The van der Waals surface area contributed by atoms with Crippen LogP contribution < -0.4 is 10.6 Å². The maximum Gasteiger partial charge on any atom is 0.232 e. The Labute approximate surface area is 158 Å². The molecule has 140 valence electrons. The Balaban J connectivity index is 1.78. The molecule has 0 unspecified atom stereocenters. The number of thiazole rings is 1. The van der Waals surface area contributed by atoms with E-state index >= 15 is 0 Å². The smallest absolute Gasteiger partial charge is 0.232 e. The van der Waals surface area contributed by atoms with Crippen molar-refractivity contribution in [3.8, 4) is 0 Å². The summed E-state index contributed by atoms with van der Waals surface area (Å²) in [7, 11) is 0. The van der Waals surface area contributed by atoms with Crippen LogP contribution in [0.25, 0.3) is 10.2 Å². The molecule has 3 rings (SSSR count). The molecule has 1 saturated carbocycles. The predicted octanol–water partition coefficient (Wildman–Crippen LogP) is 4.41. The van der Waals surface area contributed by atoms with Crippen LogP contribution in [-0.4, -0.2) is 22.3 Å². The van der Waals surface area contributed by atoms with Crippen LogP contribution in [0.15, 0.2) is 18.2 Å². The quantitative estimate of drug-likeness (QED) is 0.834. The number of hydrogen-bond acceptors (Lipinski definition) is 4. The minimum absolute atomic E-state index is 0.0605. The van der Waals surface area contributed by atoms with Crippen LogP contribution in [0.2, 0.25) is 0 Å². The van der Waals surface area contributed by atoms with Gasteiger partial charge >= 0.3 is 0 Å². The second-order valence-electron chi connectivity index (χ2n) is 8.36. The molecule has 0 saturated heterocycles. The Kier molecular flexibility index (Phi) is 5.06. The van der Waals surface area contributed by atoms with Crippen molar-refractivity contribution in [3.05, 3.63) is 23.8 Å². The third kappa shape index (κ3) is 4.06. The molecule has 2 N–H and O–H groups in total. The minimum atomic E-state index is -0.623. The lowest BCUT2D eigenvalue weighted by Gasteiger charge is -2.29. The number of amides is 2. The number of nitrogens with one attached hydrogen (secondary N) is 2. The van der Waals surface area contributed by atoms with Gasteiger partial charge in [0.25, 0.3) is 0 Å². The third-order valence-electron chi connectivity index (χ3n) is 4.90. The van der Waals surface area contributed by atoms with Crippen LogP contribution in [0.4, 0.5) is 5.13 Å². The van der Waals surface area contributed by atoms with Crippen molar-refractivity contribution in [3.63, 3.8) is 0 Å². The molecule has 6 heteroatoms. The summed E-state index contributed by atoms with van der Waals surface area (Å²) in [5.41, 5.74) is 1.11. The average Bonchev–Trinajstić information content (AvgIpc) is 3.13. The van der Waals surface area contributed by atoms with Crippen molar-refractivity contribution in [2.75, 3.05) is 5.32 Å². The van der Waals surface area contributed by atoms with Gasteiger partial charge in [0.05, 0.1) is 15.6 Å². The van der Waals surface area contributed by atoms with Gasteiger partial charge in [-0.1, -0.05) is 36.3 Å². The molecule has 0 radical (unpaired) electrons. The highest BCUT2D eigenvalue weighted by Gasteiger charge is 2.43.